The van der Waals surface area contributed by atoms with Crippen molar-refractivity contribution in [3.63, 3.8) is 0 Å². The molecule has 2 aromatic rings. The summed E-state index contributed by atoms with van der Waals surface area (Å²) >= 11 is 0. The summed E-state index contributed by atoms with van der Waals surface area (Å²) in [5.41, 5.74) is 3.75. The molecule has 0 spiro atoms. The first kappa shape index (κ1) is 18.4. The molecule has 0 fully saturated rings. The summed E-state index contributed by atoms with van der Waals surface area (Å²) in [6, 6.07) is 17.8. The fourth-order valence-electron chi connectivity index (χ4n) is 3.05. The Bertz CT molecular complexity index is 941. The standard InChI is InChI=1S/C21H24N2O2S/c1-15(2)18-9-11-19(12-10-18)20-16(3)21(23-26(20,24)25)22-14-13-17-7-5-4-6-8-17/h4-12,15H,13-14H2,1-3H3,(H,22,23). The van der Waals surface area contributed by atoms with Gasteiger partial charge in [0.1, 0.15) is 10.7 Å². The average Bonchev–Trinajstić information content (AvgIpc) is 2.84. The van der Waals surface area contributed by atoms with Crippen molar-refractivity contribution >= 4 is 20.8 Å². The van der Waals surface area contributed by atoms with E-state index < -0.39 is 10.0 Å². The fraction of sp³-hybridized carbons (Fsp3) is 0.286. The SMILES string of the molecule is CC1=C(c2ccc(C(C)C)cc2)S(=O)(=O)NC1=NCCc1ccccc1. The molecule has 0 unspecified atom stereocenters. The van der Waals surface area contributed by atoms with Crippen molar-refractivity contribution in [2.24, 2.45) is 4.99 Å². The molecular weight excluding hydrogens is 344 g/mol. The van der Waals surface area contributed by atoms with Crippen LogP contribution in [0, 0.1) is 0 Å². The lowest BCUT2D eigenvalue weighted by Crippen LogP contribution is -2.24. The zero-order valence-electron chi connectivity index (χ0n) is 15.4. The molecule has 5 heteroatoms. The summed E-state index contributed by atoms with van der Waals surface area (Å²) < 4.78 is 27.8. The molecule has 0 atom stereocenters. The maximum absolute atomic E-state index is 12.6. The second kappa shape index (κ2) is 7.46. The molecular formula is C21H24N2O2S. The Balaban J connectivity index is 1.85. The van der Waals surface area contributed by atoms with Crippen molar-refractivity contribution in [3.05, 3.63) is 76.9 Å². The maximum atomic E-state index is 12.6. The van der Waals surface area contributed by atoms with Crippen LogP contribution in [0.4, 0.5) is 0 Å². The van der Waals surface area contributed by atoms with E-state index in [0.29, 0.717) is 34.3 Å². The quantitative estimate of drug-likeness (QED) is 0.863. The molecule has 0 saturated carbocycles. The van der Waals surface area contributed by atoms with Crippen molar-refractivity contribution in [1.29, 1.82) is 0 Å². The van der Waals surface area contributed by atoms with Crippen LogP contribution >= 0.6 is 0 Å². The summed E-state index contributed by atoms with van der Waals surface area (Å²) in [5.74, 6) is 0.858. The monoisotopic (exact) mass is 368 g/mol. The summed E-state index contributed by atoms with van der Waals surface area (Å²) in [5, 5.41) is 0. The first-order valence-electron chi connectivity index (χ1n) is 8.81. The highest BCUT2D eigenvalue weighted by Gasteiger charge is 2.32. The maximum Gasteiger partial charge on any atom is 0.264 e. The van der Waals surface area contributed by atoms with Gasteiger partial charge in [0.05, 0.1) is 0 Å². The number of hydrogen-bond acceptors (Lipinski definition) is 3. The topological polar surface area (TPSA) is 58.5 Å². The van der Waals surface area contributed by atoms with Gasteiger partial charge >= 0.3 is 0 Å². The smallest absolute Gasteiger partial charge is 0.264 e. The number of benzene rings is 2. The lowest BCUT2D eigenvalue weighted by molar-refractivity contribution is 0.603. The molecule has 0 bridgehead atoms. The Morgan fingerprint density at radius 2 is 1.65 bits per heavy atom. The Hall–Kier alpha value is -2.40. The molecule has 0 saturated heterocycles. The van der Waals surface area contributed by atoms with Gasteiger partial charge in [0.2, 0.25) is 0 Å². The lowest BCUT2D eigenvalue weighted by atomic mass is 10.0. The summed E-state index contributed by atoms with van der Waals surface area (Å²) in [6.45, 7) is 6.58. The number of sulfonamides is 1. The van der Waals surface area contributed by atoms with Crippen molar-refractivity contribution in [2.45, 2.75) is 33.1 Å². The molecule has 136 valence electrons. The van der Waals surface area contributed by atoms with Crippen LogP contribution in [-0.2, 0) is 16.4 Å². The van der Waals surface area contributed by atoms with E-state index in [1.165, 1.54) is 11.1 Å². The second-order valence-electron chi connectivity index (χ2n) is 6.80. The highest BCUT2D eigenvalue weighted by Crippen LogP contribution is 2.30. The van der Waals surface area contributed by atoms with E-state index in [-0.39, 0.29) is 0 Å². The van der Waals surface area contributed by atoms with Crippen molar-refractivity contribution < 1.29 is 8.42 Å². The third kappa shape index (κ3) is 3.88. The lowest BCUT2D eigenvalue weighted by Gasteiger charge is -2.07. The number of rotatable bonds is 5. The van der Waals surface area contributed by atoms with Gasteiger partial charge in [-0.1, -0.05) is 68.4 Å². The molecule has 1 N–H and O–H groups in total. The molecule has 0 aromatic heterocycles. The van der Waals surface area contributed by atoms with Crippen LogP contribution in [0.15, 0.2) is 65.2 Å². The molecule has 3 rings (SSSR count). The number of nitrogens with zero attached hydrogens (tertiary/aromatic N) is 1. The Morgan fingerprint density at radius 3 is 2.27 bits per heavy atom. The molecule has 0 aliphatic carbocycles. The molecule has 2 aromatic carbocycles. The third-order valence-electron chi connectivity index (χ3n) is 4.55. The van der Waals surface area contributed by atoms with Crippen LogP contribution < -0.4 is 4.72 Å². The first-order chi connectivity index (χ1) is 12.4. The second-order valence-corrected chi connectivity index (χ2v) is 8.42. The highest BCUT2D eigenvalue weighted by molar-refractivity contribution is 8.00. The van der Waals surface area contributed by atoms with E-state index in [9.17, 15) is 8.42 Å². The number of amidine groups is 1. The molecule has 0 radical (unpaired) electrons. The summed E-state index contributed by atoms with van der Waals surface area (Å²) in [4.78, 5) is 4.81. The Kier molecular flexibility index (Phi) is 5.28. The average molecular weight is 369 g/mol. The molecule has 1 aliphatic heterocycles. The van der Waals surface area contributed by atoms with E-state index in [4.69, 9.17) is 0 Å². The number of aliphatic imine (C=N–C) groups is 1. The largest absolute Gasteiger partial charge is 0.267 e. The van der Waals surface area contributed by atoms with E-state index in [1.807, 2.05) is 61.5 Å². The zero-order valence-corrected chi connectivity index (χ0v) is 16.2. The molecule has 0 amide bonds. The minimum Gasteiger partial charge on any atom is -0.267 e. The van der Waals surface area contributed by atoms with E-state index >= 15 is 0 Å². The van der Waals surface area contributed by atoms with Crippen LogP contribution in [0.5, 0.6) is 0 Å². The summed E-state index contributed by atoms with van der Waals surface area (Å²) in [7, 11) is -3.57. The predicted molar refractivity (Wildman–Crippen MR) is 108 cm³/mol. The first-order valence-corrected chi connectivity index (χ1v) is 10.3. The van der Waals surface area contributed by atoms with E-state index in [2.05, 4.69) is 23.6 Å². The highest BCUT2D eigenvalue weighted by atomic mass is 32.2. The number of hydrogen-bond donors (Lipinski definition) is 1. The van der Waals surface area contributed by atoms with Crippen LogP contribution in [0.2, 0.25) is 0 Å². The van der Waals surface area contributed by atoms with Crippen molar-refractivity contribution in [1.82, 2.24) is 4.72 Å². The molecule has 1 heterocycles. The predicted octanol–water partition coefficient (Wildman–Crippen LogP) is 4.12. The van der Waals surface area contributed by atoms with Crippen LogP contribution in [0.25, 0.3) is 4.91 Å². The minimum absolute atomic E-state index is 0.325. The van der Waals surface area contributed by atoms with Gasteiger partial charge in [0, 0.05) is 12.1 Å². The van der Waals surface area contributed by atoms with E-state index in [0.717, 1.165) is 6.42 Å². The van der Waals surface area contributed by atoms with Gasteiger partial charge < -0.3 is 0 Å². The third-order valence-corrected chi connectivity index (χ3v) is 6.09. The van der Waals surface area contributed by atoms with Crippen molar-refractivity contribution in [2.75, 3.05) is 6.54 Å². The van der Waals surface area contributed by atoms with Crippen LogP contribution in [-0.4, -0.2) is 20.8 Å². The Labute approximate surface area is 155 Å². The van der Waals surface area contributed by atoms with Crippen LogP contribution in [0.3, 0.4) is 0 Å². The fourth-order valence-corrected chi connectivity index (χ4v) is 4.57. The van der Waals surface area contributed by atoms with Crippen LogP contribution in [0.1, 0.15) is 43.4 Å². The van der Waals surface area contributed by atoms with Gasteiger partial charge in [-0.2, -0.15) is 0 Å². The number of nitrogens with one attached hydrogen (secondary N) is 1. The van der Waals surface area contributed by atoms with Gasteiger partial charge in [-0.25, -0.2) is 8.42 Å². The molecule has 26 heavy (non-hydrogen) atoms. The molecule has 1 aliphatic rings. The summed E-state index contributed by atoms with van der Waals surface area (Å²) in [6.07, 6.45) is 0.776. The van der Waals surface area contributed by atoms with Gasteiger partial charge in [0.15, 0.2) is 0 Å². The normalized spacial score (nSPS) is 17.8. The van der Waals surface area contributed by atoms with E-state index in [1.54, 1.807) is 0 Å². The van der Waals surface area contributed by atoms with Gasteiger partial charge in [-0.05, 0) is 36.0 Å². The molecule has 4 nitrogen and oxygen atoms in total. The minimum atomic E-state index is -3.57. The van der Waals surface area contributed by atoms with Gasteiger partial charge in [-0.3, -0.25) is 9.71 Å². The Morgan fingerprint density at radius 1 is 1.00 bits per heavy atom. The van der Waals surface area contributed by atoms with Crippen molar-refractivity contribution in [3.8, 4) is 0 Å². The zero-order chi connectivity index (χ0) is 18.7. The van der Waals surface area contributed by atoms with Gasteiger partial charge in [0.25, 0.3) is 10.0 Å². The van der Waals surface area contributed by atoms with Gasteiger partial charge in [-0.15, -0.1) is 0 Å².